The van der Waals surface area contributed by atoms with E-state index in [1.54, 1.807) is 36.7 Å². The summed E-state index contributed by atoms with van der Waals surface area (Å²) < 4.78 is 25.5. The standard InChI is InChI=1S/C19H24N4O3S/c1-27(25,26)23(15-19(24)21-14-16-8-10-20-11-9-16)18-6-4-17(5-7-18)22-12-2-3-13-22/h4-11H,2-3,12-15H2,1H3,(H,21,24). The van der Waals surface area contributed by atoms with Crippen LogP contribution in [-0.2, 0) is 21.4 Å². The van der Waals surface area contributed by atoms with Gasteiger partial charge in [-0.1, -0.05) is 0 Å². The molecule has 1 N–H and O–H groups in total. The second kappa shape index (κ2) is 8.39. The van der Waals surface area contributed by atoms with Gasteiger partial charge < -0.3 is 10.2 Å². The van der Waals surface area contributed by atoms with Crippen LogP contribution in [0.4, 0.5) is 11.4 Å². The predicted octanol–water partition coefficient (Wildman–Crippen LogP) is 1.76. The molecule has 1 aliphatic heterocycles. The lowest BCUT2D eigenvalue weighted by Crippen LogP contribution is -2.40. The Balaban J connectivity index is 1.67. The molecule has 0 spiro atoms. The summed E-state index contributed by atoms with van der Waals surface area (Å²) in [5.41, 5.74) is 2.46. The van der Waals surface area contributed by atoms with E-state index in [9.17, 15) is 13.2 Å². The predicted molar refractivity (Wildman–Crippen MR) is 106 cm³/mol. The van der Waals surface area contributed by atoms with E-state index in [4.69, 9.17) is 0 Å². The van der Waals surface area contributed by atoms with E-state index in [1.165, 1.54) is 12.8 Å². The molecule has 144 valence electrons. The summed E-state index contributed by atoms with van der Waals surface area (Å²) in [6, 6.07) is 10.9. The molecule has 1 fully saturated rings. The first-order valence-corrected chi connectivity index (χ1v) is 10.8. The van der Waals surface area contributed by atoms with Gasteiger partial charge in [-0.05, 0) is 54.8 Å². The second-order valence-electron chi connectivity index (χ2n) is 6.61. The zero-order chi connectivity index (χ0) is 19.3. The molecular formula is C19H24N4O3S. The van der Waals surface area contributed by atoms with Crippen LogP contribution in [0.3, 0.4) is 0 Å². The Morgan fingerprint density at radius 1 is 1.11 bits per heavy atom. The number of pyridine rings is 1. The molecule has 3 rings (SSSR count). The van der Waals surface area contributed by atoms with Crippen molar-refractivity contribution in [3.63, 3.8) is 0 Å². The fourth-order valence-corrected chi connectivity index (χ4v) is 3.95. The van der Waals surface area contributed by atoms with E-state index < -0.39 is 10.0 Å². The van der Waals surface area contributed by atoms with Crippen molar-refractivity contribution >= 4 is 27.3 Å². The number of nitrogens with one attached hydrogen (secondary N) is 1. The number of hydrogen-bond acceptors (Lipinski definition) is 5. The Bertz CT molecular complexity index is 864. The zero-order valence-corrected chi connectivity index (χ0v) is 16.2. The third-order valence-electron chi connectivity index (χ3n) is 4.54. The number of carbonyl (C=O) groups is 1. The molecule has 1 aliphatic rings. The van der Waals surface area contributed by atoms with Crippen LogP contribution < -0.4 is 14.5 Å². The molecule has 1 amide bonds. The van der Waals surface area contributed by atoms with Gasteiger partial charge in [-0.2, -0.15) is 0 Å². The molecule has 0 aliphatic carbocycles. The van der Waals surface area contributed by atoms with Gasteiger partial charge in [0.05, 0.1) is 11.9 Å². The second-order valence-corrected chi connectivity index (χ2v) is 8.52. The lowest BCUT2D eigenvalue weighted by atomic mass is 10.2. The lowest BCUT2D eigenvalue weighted by Gasteiger charge is -2.23. The van der Waals surface area contributed by atoms with E-state index in [-0.39, 0.29) is 12.5 Å². The Morgan fingerprint density at radius 3 is 2.33 bits per heavy atom. The van der Waals surface area contributed by atoms with Gasteiger partial charge in [0.2, 0.25) is 15.9 Å². The summed E-state index contributed by atoms with van der Waals surface area (Å²) >= 11 is 0. The largest absolute Gasteiger partial charge is 0.372 e. The van der Waals surface area contributed by atoms with Crippen molar-refractivity contribution in [2.75, 3.05) is 35.1 Å². The molecule has 8 heteroatoms. The van der Waals surface area contributed by atoms with Crippen LogP contribution in [0.1, 0.15) is 18.4 Å². The number of aromatic nitrogens is 1. The quantitative estimate of drug-likeness (QED) is 0.782. The number of anilines is 2. The van der Waals surface area contributed by atoms with Gasteiger partial charge in [-0.25, -0.2) is 8.42 Å². The van der Waals surface area contributed by atoms with Gasteiger partial charge in [0.1, 0.15) is 6.54 Å². The van der Waals surface area contributed by atoms with Gasteiger partial charge in [0.25, 0.3) is 0 Å². The SMILES string of the molecule is CS(=O)(=O)N(CC(=O)NCc1ccncc1)c1ccc(N2CCCC2)cc1. The van der Waals surface area contributed by atoms with E-state index >= 15 is 0 Å². The maximum absolute atomic E-state index is 12.3. The average Bonchev–Trinajstić information content (AvgIpc) is 3.19. The highest BCUT2D eigenvalue weighted by atomic mass is 32.2. The normalized spacial score (nSPS) is 14.2. The van der Waals surface area contributed by atoms with Gasteiger partial charge >= 0.3 is 0 Å². The molecule has 27 heavy (non-hydrogen) atoms. The Hall–Kier alpha value is -2.61. The Labute approximate surface area is 160 Å². The lowest BCUT2D eigenvalue weighted by molar-refractivity contribution is -0.119. The summed E-state index contributed by atoms with van der Waals surface area (Å²) in [4.78, 5) is 18.5. The molecule has 1 aromatic heterocycles. The molecule has 2 heterocycles. The number of benzene rings is 1. The van der Waals surface area contributed by atoms with Gasteiger partial charge in [0, 0.05) is 37.7 Å². The summed E-state index contributed by atoms with van der Waals surface area (Å²) in [5, 5.41) is 2.75. The molecule has 0 unspecified atom stereocenters. The van der Waals surface area contributed by atoms with Gasteiger partial charge in [-0.15, -0.1) is 0 Å². The van der Waals surface area contributed by atoms with Crippen molar-refractivity contribution in [2.45, 2.75) is 19.4 Å². The van der Waals surface area contributed by atoms with E-state index in [0.29, 0.717) is 12.2 Å². The molecule has 1 aromatic carbocycles. The third-order valence-corrected chi connectivity index (χ3v) is 5.68. The van der Waals surface area contributed by atoms with Crippen molar-refractivity contribution in [3.8, 4) is 0 Å². The summed E-state index contributed by atoms with van der Waals surface area (Å²) in [6.45, 7) is 2.11. The molecule has 0 atom stereocenters. The fraction of sp³-hybridized carbons (Fsp3) is 0.368. The monoisotopic (exact) mass is 388 g/mol. The van der Waals surface area contributed by atoms with Crippen LogP contribution in [0.15, 0.2) is 48.8 Å². The van der Waals surface area contributed by atoms with E-state index in [1.807, 2.05) is 12.1 Å². The smallest absolute Gasteiger partial charge is 0.241 e. The van der Waals surface area contributed by atoms with Crippen LogP contribution in [0.5, 0.6) is 0 Å². The number of hydrogen-bond donors (Lipinski definition) is 1. The molecule has 0 bridgehead atoms. The van der Waals surface area contributed by atoms with Crippen molar-refractivity contribution < 1.29 is 13.2 Å². The number of amides is 1. The number of sulfonamides is 1. The fourth-order valence-electron chi connectivity index (χ4n) is 3.09. The minimum absolute atomic E-state index is 0.257. The molecule has 0 radical (unpaired) electrons. The van der Waals surface area contributed by atoms with Crippen molar-refractivity contribution in [1.82, 2.24) is 10.3 Å². The number of nitrogens with zero attached hydrogens (tertiary/aromatic N) is 3. The first-order valence-electron chi connectivity index (χ1n) is 8.92. The van der Waals surface area contributed by atoms with Crippen LogP contribution in [0.25, 0.3) is 0 Å². The third kappa shape index (κ3) is 5.19. The summed E-state index contributed by atoms with van der Waals surface area (Å²) in [5.74, 6) is -0.360. The van der Waals surface area contributed by atoms with Crippen LogP contribution in [0, 0.1) is 0 Å². The van der Waals surface area contributed by atoms with E-state index in [2.05, 4.69) is 15.2 Å². The maximum atomic E-state index is 12.3. The Kier molecular flexibility index (Phi) is 5.95. The summed E-state index contributed by atoms with van der Waals surface area (Å²) in [7, 11) is -3.58. The highest BCUT2D eigenvalue weighted by Crippen LogP contribution is 2.25. The Morgan fingerprint density at radius 2 is 1.74 bits per heavy atom. The van der Waals surface area contributed by atoms with Crippen molar-refractivity contribution in [3.05, 3.63) is 54.4 Å². The first kappa shape index (κ1) is 19.2. The molecule has 2 aromatic rings. The zero-order valence-electron chi connectivity index (χ0n) is 15.3. The summed E-state index contributed by atoms with van der Waals surface area (Å²) in [6.07, 6.45) is 6.75. The maximum Gasteiger partial charge on any atom is 0.241 e. The molecular weight excluding hydrogens is 364 g/mol. The average molecular weight is 388 g/mol. The van der Waals surface area contributed by atoms with Crippen LogP contribution >= 0.6 is 0 Å². The molecule has 0 saturated carbocycles. The molecule has 7 nitrogen and oxygen atoms in total. The van der Waals surface area contributed by atoms with Crippen molar-refractivity contribution in [2.24, 2.45) is 0 Å². The van der Waals surface area contributed by atoms with Crippen molar-refractivity contribution in [1.29, 1.82) is 0 Å². The number of rotatable bonds is 7. The molecule has 1 saturated heterocycles. The minimum Gasteiger partial charge on any atom is -0.372 e. The van der Waals surface area contributed by atoms with Crippen LogP contribution in [-0.4, -0.2) is 45.2 Å². The highest BCUT2D eigenvalue weighted by Gasteiger charge is 2.21. The topological polar surface area (TPSA) is 82.6 Å². The van der Waals surface area contributed by atoms with Gasteiger partial charge in [-0.3, -0.25) is 14.1 Å². The van der Waals surface area contributed by atoms with Crippen LogP contribution in [0.2, 0.25) is 0 Å². The highest BCUT2D eigenvalue weighted by molar-refractivity contribution is 7.92. The first-order chi connectivity index (χ1) is 12.9. The van der Waals surface area contributed by atoms with E-state index in [0.717, 1.165) is 34.9 Å². The minimum atomic E-state index is -3.58. The number of carbonyl (C=O) groups excluding carboxylic acids is 1. The van der Waals surface area contributed by atoms with Gasteiger partial charge in [0.15, 0.2) is 0 Å².